The van der Waals surface area contributed by atoms with Gasteiger partial charge in [0.15, 0.2) is 5.96 Å². The van der Waals surface area contributed by atoms with Gasteiger partial charge in [-0.25, -0.2) is 9.38 Å². The molecule has 2 aromatic rings. The molecule has 0 bridgehead atoms. The molecular formula is C17H20ClFIN3O. The van der Waals surface area contributed by atoms with E-state index in [1.54, 1.807) is 19.2 Å². The van der Waals surface area contributed by atoms with E-state index in [0.717, 1.165) is 17.7 Å². The number of halogens is 3. The fourth-order valence-corrected chi connectivity index (χ4v) is 2.20. The van der Waals surface area contributed by atoms with Gasteiger partial charge in [0.05, 0.1) is 18.7 Å². The molecule has 0 fully saturated rings. The van der Waals surface area contributed by atoms with Gasteiger partial charge >= 0.3 is 0 Å². The van der Waals surface area contributed by atoms with E-state index in [-0.39, 0.29) is 29.0 Å². The number of hydrogen-bond acceptors (Lipinski definition) is 2. The molecule has 0 aromatic heterocycles. The smallest absolute Gasteiger partial charge is 0.188 e. The highest BCUT2D eigenvalue weighted by Crippen LogP contribution is 2.16. The van der Waals surface area contributed by atoms with E-state index in [1.165, 1.54) is 11.6 Å². The fraction of sp³-hybridized carbons (Fsp3) is 0.235. The number of nitrogens with zero attached hydrogens (tertiary/aromatic N) is 1. The third-order valence-corrected chi connectivity index (χ3v) is 3.58. The molecule has 0 amide bonds. The maximum Gasteiger partial charge on any atom is 0.188 e. The quantitative estimate of drug-likeness (QED) is 0.390. The van der Waals surface area contributed by atoms with Crippen LogP contribution >= 0.6 is 35.6 Å². The number of rotatable bonds is 6. The Balaban J connectivity index is 0.00000288. The van der Waals surface area contributed by atoms with Crippen molar-refractivity contribution in [1.82, 2.24) is 5.32 Å². The predicted molar refractivity (Wildman–Crippen MR) is 107 cm³/mol. The second-order valence-corrected chi connectivity index (χ2v) is 5.38. The summed E-state index contributed by atoms with van der Waals surface area (Å²) in [5, 5.41) is 3.13. The van der Waals surface area contributed by atoms with E-state index < -0.39 is 5.82 Å². The van der Waals surface area contributed by atoms with Gasteiger partial charge < -0.3 is 15.8 Å². The molecule has 0 saturated heterocycles. The van der Waals surface area contributed by atoms with Crippen molar-refractivity contribution in [2.24, 2.45) is 10.7 Å². The fourth-order valence-electron chi connectivity index (χ4n) is 2.00. The zero-order chi connectivity index (χ0) is 16.7. The summed E-state index contributed by atoms with van der Waals surface area (Å²) in [6.07, 6.45) is 0.822. The summed E-state index contributed by atoms with van der Waals surface area (Å²) in [7, 11) is 1.64. The van der Waals surface area contributed by atoms with E-state index in [9.17, 15) is 4.39 Å². The minimum Gasteiger partial charge on any atom is -0.497 e. The summed E-state index contributed by atoms with van der Waals surface area (Å²) < 4.78 is 18.2. The maximum absolute atomic E-state index is 13.1. The molecule has 2 aromatic carbocycles. The Labute approximate surface area is 163 Å². The zero-order valence-corrected chi connectivity index (χ0v) is 16.3. The molecule has 4 nitrogen and oxygen atoms in total. The standard InChI is InChI=1S/C17H19ClFN3O.HI/c1-23-14-5-2-12(3-6-14)8-9-21-17(20)22-11-13-4-7-16(19)15(18)10-13;/h2-7,10H,8-9,11H2,1H3,(H3,20,21,22);1H. The van der Waals surface area contributed by atoms with Gasteiger partial charge in [0.1, 0.15) is 11.6 Å². The van der Waals surface area contributed by atoms with E-state index in [0.29, 0.717) is 19.0 Å². The lowest BCUT2D eigenvalue weighted by Gasteiger charge is -2.07. The lowest BCUT2D eigenvalue weighted by molar-refractivity contribution is 0.414. The van der Waals surface area contributed by atoms with Crippen molar-refractivity contribution >= 4 is 41.5 Å². The molecule has 24 heavy (non-hydrogen) atoms. The third kappa shape index (κ3) is 6.52. The lowest BCUT2D eigenvalue weighted by Crippen LogP contribution is -2.33. The summed E-state index contributed by atoms with van der Waals surface area (Å²) >= 11 is 5.72. The van der Waals surface area contributed by atoms with Gasteiger partial charge in [-0.05, 0) is 41.8 Å². The van der Waals surface area contributed by atoms with Crippen molar-refractivity contribution in [3.8, 4) is 5.75 Å². The Bertz CT molecular complexity index is 680. The van der Waals surface area contributed by atoms with Crippen LogP contribution in [0.2, 0.25) is 5.02 Å². The van der Waals surface area contributed by atoms with Crippen molar-refractivity contribution < 1.29 is 9.13 Å². The maximum atomic E-state index is 13.1. The minimum atomic E-state index is -0.440. The normalized spacial score (nSPS) is 10.9. The Hall–Kier alpha value is -1.54. The average Bonchev–Trinajstić information content (AvgIpc) is 2.56. The van der Waals surface area contributed by atoms with Crippen molar-refractivity contribution in [3.05, 3.63) is 64.4 Å². The number of methoxy groups -OCH3 is 1. The molecule has 0 aliphatic rings. The van der Waals surface area contributed by atoms with E-state index in [2.05, 4.69) is 10.3 Å². The van der Waals surface area contributed by atoms with Crippen LogP contribution in [0.25, 0.3) is 0 Å². The van der Waals surface area contributed by atoms with Crippen LogP contribution in [0.5, 0.6) is 5.75 Å². The van der Waals surface area contributed by atoms with Crippen LogP contribution in [0.1, 0.15) is 11.1 Å². The van der Waals surface area contributed by atoms with Crippen molar-refractivity contribution in [1.29, 1.82) is 0 Å². The zero-order valence-electron chi connectivity index (χ0n) is 13.3. The second-order valence-electron chi connectivity index (χ2n) is 4.97. The third-order valence-electron chi connectivity index (χ3n) is 3.29. The lowest BCUT2D eigenvalue weighted by atomic mass is 10.1. The van der Waals surface area contributed by atoms with Crippen molar-refractivity contribution in [3.63, 3.8) is 0 Å². The highest BCUT2D eigenvalue weighted by atomic mass is 127. The van der Waals surface area contributed by atoms with Crippen LogP contribution in [-0.4, -0.2) is 19.6 Å². The Morgan fingerprint density at radius 2 is 1.88 bits per heavy atom. The summed E-state index contributed by atoms with van der Waals surface area (Å²) in [4.78, 5) is 4.21. The Morgan fingerprint density at radius 1 is 1.21 bits per heavy atom. The number of guanidine groups is 1. The van der Waals surface area contributed by atoms with Crippen LogP contribution < -0.4 is 15.8 Å². The summed E-state index contributed by atoms with van der Waals surface area (Å²) in [6, 6.07) is 12.4. The van der Waals surface area contributed by atoms with Gasteiger partial charge in [0.2, 0.25) is 0 Å². The molecule has 0 atom stereocenters. The summed E-state index contributed by atoms with van der Waals surface area (Å²) in [5.41, 5.74) is 7.79. The minimum absolute atomic E-state index is 0. The van der Waals surface area contributed by atoms with Gasteiger partial charge in [-0.3, -0.25) is 0 Å². The molecule has 7 heteroatoms. The molecule has 0 unspecified atom stereocenters. The molecular weight excluding hydrogens is 444 g/mol. The highest BCUT2D eigenvalue weighted by Gasteiger charge is 2.01. The topological polar surface area (TPSA) is 59.6 Å². The molecule has 130 valence electrons. The molecule has 0 saturated carbocycles. The van der Waals surface area contributed by atoms with Crippen LogP contribution in [0.4, 0.5) is 4.39 Å². The number of aliphatic imine (C=N–C) groups is 1. The SMILES string of the molecule is COc1ccc(CCNC(N)=NCc2ccc(F)c(Cl)c2)cc1.I. The summed E-state index contributed by atoms with van der Waals surface area (Å²) in [5.74, 6) is 0.740. The molecule has 3 N–H and O–H groups in total. The molecule has 0 aliphatic heterocycles. The number of nitrogens with two attached hydrogens (primary N) is 1. The van der Waals surface area contributed by atoms with Gasteiger partial charge in [-0.2, -0.15) is 0 Å². The first-order chi connectivity index (χ1) is 11.1. The van der Waals surface area contributed by atoms with Crippen molar-refractivity contribution in [2.45, 2.75) is 13.0 Å². The first-order valence-corrected chi connectivity index (χ1v) is 7.57. The van der Waals surface area contributed by atoms with Crippen molar-refractivity contribution in [2.75, 3.05) is 13.7 Å². The number of hydrogen-bond donors (Lipinski definition) is 2. The molecule has 0 radical (unpaired) electrons. The number of nitrogens with one attached hydrogen (secondary N) is 1. The Kier molecular flexibility index (Phi) is 8.84. The largest absolute Gasteiger partial charge is 0.497 e. The highest BCUT2D eigenvalue weighted by molar-refractivity contribution is 14.0. The average molecular weight is 464 g/mol. The number of ether oxygens (including phenoxy) is 1. The summed E-state index contributed by atoms with van der Waals surface area (Å²) in [6.45, 7) is 1.02. The van der Waals surface area contributed by atoms with E-state index in [4.69, 9.17) is 22.1 Å². The van der Waals surface area contributed by atoms with Crippen LogP contribution in [0.15, 0.2) is 47.5 Å². The van der Waals surface area contributed by atoms with Gasteiger partial charge in [0, 0.05) is 6.54 Å². The van der Waals surface area contributed by atoms with E-state index >= 15 is 0 Å². The monoisotopic (exact) mass is 463 g/mol. The van der Waals surface area contributed by atoms with Gasteiger partial charge in [-0.1, -0.05) is 29.8 Å². The predicted octanol–water partition coefficient (Wildman–Crippen LogP) is 3.75. The number of benzene rings is 2. The van der Waals surface area contributed by atoms with Crippen LogP contribution in [-0.2, 0) is 13.0 Å². The van der Waals surface area contributed by atoms with E-state index in [1.807, 2.05) is 24.3 Å². The second kappa shape index (κ2) is 10.4. The van der Waals surface area contributed by atoms with Crippen LogP contribution in [0.3, 0.4) is 0 Å². The molecule has 0 spiro atoms. The molecule has 2 rings (SSSR count). The first kappa shape index (κ1) is 20.5. The van der Waals surface area contributed by atoms with Gasteiger partial charge in [-0.15, -0.1) is 24.0 Å². The van der Waals surface area contributed by atoms with Crippen LogP contribution in [0, 0.1) is 5.82 Å². The molecule has 0 heterocycles. The van der Waals surface area contributed by atoms with Gasteiger partial charge in [0.25, 0.3) is 0 Å². The first-order valence-electron chi connectivity index (χ1n) is 7.19. The Morgan fingerprint density at radius 3 is 2.50 bits per heavy atom. The molecule has 0 aliphatic carbocycles.